The second-order valence-electron chi connectivity index (χ2n) is 10.5. The minimum atomic E-state index is -2.54. The predicted octanol–water partition coefficient (Wildman–Crippen LogP) is 5.12. The molecule has 1 atom stereocenters. The maximum Gasteiger partial charge on any atom is 0.289 e. The Morgan fingerprint density at radius 2 is 1.85 bits per heavy atom. The topological polar surface area (TPSA) is 134 Å². The fraction of sp³-hybridized carbons (Fsp3) is 0.379. The summed E-state index contributed by atoms with van der Waals surface area (Å²) in [4.78, 5) is 25.2. The van der Waals surface area contributed by atoms with Crippen LogP contribution in [0.15, 0.2) is 53.1 Å². The van der Waals surface area contributed by atoms with Crippen molar-refractivity contribution in [2.45, 2.75) is 38.8 Å². The molecule has 6 rings (SSSR count). The molecule has 2 fully saturated rings. The lowest BCUT2D eigenvalue weighted by atomic mass is 10.0. The molecule has 2 aliphatic rings. The zero-order chi connectivity index (χ0) is 27.9. The van der Waals surface area contributed by atoms with Crippen LogP contribution in [0.25, 0.3) is 22.0 Å². The van der Waals surface area contributed by atoms with Crippen molar-refractivity contribution < 1.29 is 23.2 Å². The number of carbonyl (C=O) groups is 1. The third-order valence-electron chi connectivity index (χ3n) is 7.71. The number of rotatable bonds is 5. The van der Waals surface area contributed by atoms with E-state index in [1.54, 1.807) is 0 Å². The molecule has 2 aromatic carbocycles. The van der Waals surface area contributed by atoms with Crippen molar-refractivity contribution >= 4 is 33.2 Å². The molecule has 0 radical (unpaired) electrons. The largest absolute Gasteiger partial charge is 0.377 e. The Morgan fingerprint density at radius 3 is 2.58 bits per heavy atom. The Bertz CT molecular complexity index is 1510. The molecule has 3 N–H and O–H groups in total. The molecule has 4 aromatic rings. The third kappa shape index (κ3) is 5.29. The van der Waals surface area contributed by atoms with Gasteiger partial charge in [-0.1, -0.05) is 41.6 Å². The molecule has 2 aromatic heterocycles. The van der Waals surface area contributed by atoms with Crippen LogP contribution in [-0.4, -0.2) is 67.4 Å². The first kappa shape index (κ1) is 26.7. The maximum atomic E-state index is 13.4. The molecular weight excluding hydrogens is 530 g/mol. The van der Waals surface area contributed by atoms with Crippen LogP contribution >= 0.6 is 10.6 Å². The maximum absolute atomic E-state index is 13.4. The smallest absolute Gasteiger partial charge is 0.289 e. The quantitative estimate of drug-likeness (QED) is 0.302. The van der Waals surface area contributed by atoms with Gasteiger partial charge in [-0.05, 0) is 49.9 Å². The van der Waals surface area contributed by atoms with Crippen molar-refractivity contribution in [3.05, 3.63) is 71.4 Å². The van der Waals surface area contributed by atoms with E-state index >= 15 is 0 Å². The Balaban J connectivity index is 1.43. The van der Waals surface area contributed by atoms with Gasteiger partial charge >= 0.3 is 0 Å². The highest BCUT2D eigenvalue weighted by atomic mass is 32.3. The lowest BCUT2D eigenvalue weighted by molar-refractivity contribution is 0.0919. The molecule has 0 aliphatic carbocycles. The molecule has 2 saturated heterocycles. The summed E-state index contributed by atoms with van der Waals surface area (Å²) < 4.78 is 31.2. The summed E-state index contributed by atoms with van der Waals surface area (Å²) >= 11 is 0. The summed E-state index contributed by atoms with van der Waals surface area (Å²) in [6, 6.07) is 15.8. The van der Waals surface area contributed by atoms with E-state index in [0.29, 0.717) is 55.4 Å². The van der Waals surface area contributed by atoms with Crippen LogP contribution in [-0.2, 0) is 4.74 Å². The van der Waals surface area contributed by atoms with Crippen LogP contribution in [0, 0.1) is 13.8 Å². The van der Waals surface area contributed by atoms with Crippen molar-refractivity contribution in [2.75, 3.05) is 36.2 Å². The van der Waals surface area contributed by atoms with Gasteiger partial charge in [0.05, 0.1) is 30.5 Å². The van der Waals surface area contributed by atoms with E-state index in [1.807, 2.05) is 50.2 Å². The van der Waals surface area contributed by atoms with Crippen LogP contribution in [0.2, 0.25) is 0 Å². The van der Waals surface area contributed by atoms with Gasteiger partial charge in [0.2, 0.25) is 5.82 Å². The number of carbonyl (C=O) groups excluding carboxylic acids is 1. The average Bonchev–Trinajstić information content (AvgIpc) is 3.31. The van der Waals surface area contributed by atoms with Crippen LogP contribution in [0.4, 0.5) is 5.82 Å². The molecular formula is C29H33N5O5S. The van der Waals surface area contributed by atoms with E-state index in [4.69, 9.17) is 14.2 Å². The molecule has 2 aliphatic heterocycles. The summed E-state index contributed by atoms with van der Waals surface area (Å²) in [6.45, 7) is 5.44. The van der Waals surface area contributed by atoms with Gasteiger partial charge in [-0.25, -0.2) is 9.97 Å². The highest BCUT2D eigenvalue weighted by Crippen LogP contribution is 2.44. The Hall–Kier alpha value is -3.51. The van der Waals surface area contributed by atoms with Crippen LogP contribution in [0.1, 0.15) is 46.5 Å². The number of nitrogens with one attached hydrogen (secondary N) is 1. The number of nitrogens with zero attached hydrogens (tertiary/aromatic N) is 4. The number of aryl methyl sites for hydroxylation is 2. The number of fused-ring (bicyclic) bond motifs is 1. The summed E-state index contributed by atoms with van der Waals surface area (Å²) in [5, 5.41) is 7.97. The molecule has 0 saturated carbocycles. The minimum absolute atomic E-state index is 0.0862. The first-order valence-corrected chi connectivity index (χ1v) is 15.4. The third-order valence-corrected chi connectivity index (χ3v) is 9.49. The van der Waals surface area contributed by atoms with Gasteiger partial charge in [0.15, 0.2) is 0 Å². The monoisotopic (exact) mass is 563 g/mol. The zero-order valence-corrected chi connectivity index (χ0v) is 23.4. The molecule has 0 spiro atoms. The Kier molecular flexibility index (Phi) is 7.22. The normalized spacial score (nSPS) is 20.4. The van der Waals surface area contributed by atoms with Crippen molar-refractivity contribution in [3.63, 3.8) is 0 Å². The van der Waals surface area contributed by atoms with Gasteiger partial charge in [-0.15, -0.1) is 0 Å². The number of ether oxygens (including phenoxy) is 1. The van der Waals surface area contributed by atoms with Crippen LogP contribution in [0.3, 0.4) is 0 Å². The lowest BCUT2D eigenvalue weighted by Gasteiger charge is -2.39. The van der Waals surface area contributed by atoms with E-state index in [2.05, 4.69) is 32.5 Å². The molecule has 210 valence electrons. The molecule has 11 heteroatoms. The SMILES string of the molecule is Cc1noc(C)c1-c1ccc2nc(C(=O)NC3CCS(O)(O)CC3)nc(N3CCOCC3c3ccccc3)c2c1. The lowest BCUT2D eigenvalue weighted by Crippen LogP contribution is -2.42. The molecule has 4 heterocycles. The summed E-state index contributed by atoms with van der Waals surface area (Å²) in [5.41, 5.74) is 4.42. The molecule has 0 bridgehead atoms. The van der Waals surface area contributed by atoms with Crippen LogP contribution < -0.4 is 10.2 Å². The Labute approximate surface area is 234 Å². The Morgan fingerprint density at radius 1 is 1.07 bits per heavy atom. The number of anilines is 1. The summed E-state index contributed by atoms with van der Waals surface area (Å²) in [6.07, 6.45) is 1.02. The predicted molar refractivity (Wildman–Crippen MR) is 155 cm³/mol. The molecule has 40 heavy (non-hydrogen) atoms. The first-order valence-electron chi connectivity index (χ1n) is 13.5. The van der Waals surface area contributed by atoms with E-state index in [1.165, 1.54) is 0 Å². The van der Waals surface area contributed by atoms with E-state index in [-0.39, 0.29) is 23.8 Å². The molecule has 10 nitrogen and oxygen atoms in total. The summed E-state index contributed by atoms with van der Waals surface area (Å²) in [5.74, 6) is 1.69. The number of morpholine rings is 1. The number of benzene rings is 2. The van der Waals surface area contributed by atoms with E-state index in [9.17, 15) is 13.9 Å². The highest BCUT2D eigenvalue weighted by molar-refractivity contribution is 8.24. The van der Waals surface area contributed by atoms with Crippen molar-refractivity contribution in [1.29, 1.82) is 0 Å². The number of hydrogen-bond donors (Lipinski definition) is 3. The van der Waals surface area contributed by atoms with Gasteiger partial charge < -0.3 is 19.5 Å². The van der Waals surface area contributed by atoms with Gasteiger partial charge in [-0.3, -0.25) is 13.9 Å². The van der Waals surface area contributed by atoms with Crippen molar-refractivity contribution in [1.82, 2.24) is 20.4 Å². The summed E-state index contributed by atoms with van der Waals surface area (Å²) in [7, 11) is -2.54. The minimum Gasteiger partial charge on any atom is -0.377 e. The number of hydrogen-bond acceptors (Lipinski definition) is 9. The van der Waals surface area contributed by atoms with Crippen molar-refractivity contribution in [2.24, 2.45) is 0 Å². The van der Waals surface area contributed by atoms with Gasteiger partial charge in [0.25, 0.3) is 5.91 Å². The van der Waals surface area contributed by atoms with Crippen LogP contribution in [0.5, 0.6) is 0 Å². The molecule has 1 amide bonds. The fourth-order valence-electron chi connectivity index (χ4n) is 5.59. The highest BCUT2D eigenvalue weighted by Gasteiger charge is 2.30. The number of amides is 1. The molecule has 1 unspecified atom stereocenters. The van der Waals surface area contributed by atoms with Gasteiger partial charge in [0, 0.05) is 35.0 Å². The van der Waals surface area contributed by atoms with Crippen molar-refractivity contribution in [3.8, 4) is 11.1 Å². The van der Waals surface area contributed by atoms with E-state index < -0.39 is 10.6 Å². The van der Waals surface area contributed by atoms with E-state index in [0.717, 1.165) is 33.5 Å². The standard InChI is InChI=1S/C29H33N5O5S/c1-18-26(19(2)39-33-18)21-8-9-24-23(16-21)28(34-12-13-38-17-25(34)20-6-4-3-5-7-20)32-27(31-24)29(35)30-22-10-14-40(36,37)15-11-22/h3-9,16,22,25,36-37H,10-15,17H2,1-2H3,(H,30,35). The number of aromatic nitrogens is 3. The second-order valence-corrected chi connectivity index (χ2v) is 12.9. The van der Waals surface area contributed by atoms with Gasteiger partial charge in [-0.2, -0.15) is 10.6 Å². The second kappa shape index (κ2) is 10.8. The fourth-order valence-corrected chi connectivity index (χ4v) is 7.12. The zero-order valence-electron chi connectivity index (χ0n) is 22.5. The average molecular weight is 564 g/mol. The first-order chi connectivity index (χ1) is 19.3. The van der Waals surface area contributed by atoms with Gasteiger partial charge in [0.1, 0.15) is 11.6 Å².